The van der Waals surface area contributed by atoms with Gasteiger partial charge in [0.25, 0.3) is 0 Å². The number of rotatable bonds is 11. The van der Waals surface area contributed by atoms with Gasteiger partial charge < -0.3 is 5.11 Å². The van der Waals surface area contributed by atoms with Crippen LogP contribution in [0, 0.1) is 0 Å². The number of carboxylic acids is 1. The normalized spacial score (nSPS) is 12.2. The number of hydrogen-bond donors (Lipinski definition) is 1. The van der Waals surface area contributed by atoms with Gasteiger partial charge in [-0.25, -0.2) is 0 Å². The lowest BCUT2D eigenvalue weighted by Gasteiger charge is -2.12. The van der Waals surface area contributed by atoms with E-state index in [4.69, 9.17) is 0 Å². The third kappa shape index (κ3) is 6.74. The summed E-state index contributed by atoms with van der Waals surface area (Å²) in [5.41, 5.74) is 0.933. The minimum atomic E-state index is -0.695. The lowest BCUT2D eigenvalue weighted by molar-refractivity contribution is -0.139. The van der Waals surface area contributed by atoms with Crippen LogP contribution in [0.2, 0.25) is 0 Å². The van der Waals surface area contributed by atoms with Gasteiger partial charge in [-0.2, -0.15) is 0 Å². The second kappa shape index (κ2) is 10.5. The summed E-state index contributed by atoms with van der Waals surface area (Å²) in [7, 11) is 0. The summed E-state index contributed by atoms with van der Waals surface area (Å²) in [5, 5.41) is 9.33. The van der Waals surface area contributed by atoms with Crippen molar-refractivity contribution in [2.45, 2.75) is 70.6 Å². The molecule has 1 rings (SSSR count). The Morgan fingerprint density at radius 3 is 2.05 bits per heavy atom. The van der Waals surface area contributed by atoms with Gasteiger partial charge in [0.1, 0.15) is 0 Å². The van der Waals surface area contributed by atoms with E-state index in [0.29, 0.717) is 0 Å². The second-order valence-electron chi connectivity index (χ2n) is 5.57. The van der Waals surface area contributed by atoms with Crippen LogP contribution in [0.1, 0.15) is 76.2 Å². The quantitative estimate of drug-likeness (QED) is 0.550. The molecule has 0 amide bonds. The van der Waals surface area contributed by atoms with E-state index in [0.717, 1.165) is 24.8 Å². The fraction of sp³-hybridized carbons (Fsp3) is 0.611. The molecule has 0 fully saturated rings. The predicted molar refractivity (Wildman–Crippen MR) is 84.0 cm³/mol. The zero-order valence-corrected chi connectivity index (χ0v) is 12.7. The molecular weight excluding hydrogens is 248 g/mol. The summed E-state index contributed by atoms with van der Waals surface area (Å²) in [4.78, 5) is 11.3. The summed E-state index contributed by atoms with van der Waals surface area (Å²) in [5.74, 6) is -1.03. The first-order valence-electron chi connectivity index (χ1n) is 8.03. The van der Waals surface area contributed by atoms with Crippen LogP contribution >= 0.6 is 0 Å². The van der Waals surface area contributed by atoms with Crippen LogP contribution in [0.25, 0.3) is 0 Å². The molecule has 0 bridgehead atoms. The van der Waals surface area contributed by atoms with Crippen molar-refractivity contribution in [3.05, 3.63) is 35.9 Å². The Morgan fingerprint density at radius 2 is 1.50 bits per heavy atom. The first-order valence-corrected chi connectivity index (χ1v) is 8.03. The highest BCUT2D eigenvalue weighted by molar-refractivity contribution is 5.75. The lowest BCUT2D eigenvalue weighted by Crippen LogP contribution is -2.11. The number of aliphatic carboxylic acids is 1. The maximum Gasteiger partial charge on any atom is 0.310 e. The van der Waals surface area contributed by atoms with Gasteiger partial charge in [0.2, 0.25) is 0 Å². The fourth-order valence-electron chi connectivity index (χ4n) is 2.60. The van der Waals surface area contributed by atoms with E-state index in [1.807, 2.05) is 30.3 Å². The Balaban J connectivity index is 2.19. The zero-order chi connectivity index (χ0) is 14.6. The molecule has 0 radical (unpaired) electrons. The fourth-order valence-corrected chi connectivity index (χ4v) is 2.60. The molecule has 0 saturated carbocycles. The first-order chi connectivity index (χ1) is 9.75. The van der Waals surface area contributed by atoms with Crippen molar-refractivity contribution in [3.63, 3.8) is 0 Å². The summed E-state index contributed by atoms with van der Waals surface area (Å²) in [6.07, 6.45) is 10.8. The molecule has 0 aliphatic rings. The van der Waals surface area contributed by atoms with Crippen molar-refractivity contribution in [3.8, 4) is 0 Å². The standard InChI is InChI=1S/C18H28O2/c1-2-3-4-5-6-7-8-12-15-17(18(19)20)16-13-10-9-11-14-16/h9-11,13-14,17H,2-8,12,15H2,1H3,(H,19,20)/t17-/m1/s1. The second-order valence-corrected chi connectivity index (χ2v) is 5.57. The van der Waals surface area contributed by atoms with Gasteiger partial charge in [0.15, 0.2) is 0 Å². The molecule has 2 nitrogen and oxygen atoms in total. The van der Waals surface area contributed by atoms with E-state index in [9.17, 15) is 9.90 Å². The Morgan fingerprint density at radius 1 is 0.950 bits per heavy atom. The molecule has 1 atom stereocenters. The third-order valence-corrected chi connectivity index (χ3v) is 3.85. The average Bonchev–Trinajstić information content (AvgIpc) is 2.46. The van der Waals surface area contributed by atoms with E-state index >= 15 is 0 Å². The van der Waals surface area contributed by atoms with Crippen molar-refractivity contribution in [2.75, 3.05) is 0 Å². The van der Waals surface area contributed by atoms with Crippen LogP contribution in [0.15, 0.2) is 30.3 Å². The molecule has 112 valence electrons. The smallest absolute Gasteiger partial charge is 0.310 e. The van der Waals surface area contributed by atoms with Gasteiger partial charge in [-0.1, -0.05) is 88.6 Å². The SMILES string of the molecule is CCCCCCCCCC[C@@H](C(=O)O)c1ccccc1. The lowest BCUT2D eigenvalue weighted by atomic mass is 9.93. The number of carbonyl (C=O) groups is 1. The molecule has 1 aromatic rings. The number of benzene rings is 1. The summed E-state index contributed by atoms with van der Waals surface area (Å²) >= 11 is 0. The van der Waals surface area contributed by atoms with Gasteiger partial charge in [0.05, 0.1) is 5.92 Å². The molecule has 0 aromatic heterocycles. The number of carboxylic acid groups (broad SMARTS) is 1. The third-order valence-electron chi connectivity index (χ3n) is 3.85. The maximum atomic E-state index is 11.3. The Labute approximate surface area is 123 Å². The minimum Gasteiger partial charge on any atom is -0.481 e. The van der Waals surface area contributed by atoms with Gasteiger partial charge in [-0.15, -0.1) is 0 Å². The highest BCUT2D eigenvalue weighted by atomic mass is 16.4. The van der Waals surface area contributed by atoms with Gasteiger partial charge in [-0.3, -0.25) is 4.79 Å². The topological polar surface area (TPSA) is 37.3 Å². The van der Waals surface area contributed by atoms with E-state index in [2.05, 4.69) is 6.92 Å². The van der Waals surface area contributed by atoms with E-state index < -0.39 is 5.97 Å². The van der Waals surface area contributed by atoms with Crippen molar-refractivity contribution >= 4 is 5.97 Å². The predicted octanol–water partition coefficient (Wildman–Crippen LogP) is 5.39. The van der Waals surface area contributed by atoms with Crippen molar-refractivity contribution < 1.29 is 9.90 Å². The van der Waals surface area contributed by atoms with Crippen LogP contribution in [-0.2, 0) is 4.79 Å². The molecule has 0 saturated heterocycles. The summed E-state index contributed by atoms with van der Waals surface area (Å²) in [6.45, 7) is 2.23. The molecule has 1 N–H and O–H groups in total. The molecule has 0 unspecified atom stereocenters. The van der Waals surface area contributed by atoms with Crippen LogP contribution in [0.5, 0.6) is 0 Å². The molecule has 0 aliphatic carbocycles. The van der Waals surface area contributed by atoms with Crippen LogP contribution in [0.3, 0.4) is 0 Å². The number of hydrogen-bond acceptors (Lipinski definition) is 1. The van der Waals surface area contributed by atoms with E-state index in [1.165, 1.54) is 38.5 Å². The van der Waals surface area contributed by atoms with Gasteiger partial charge in [-0.05, 0) is 12.0 Å². The van der Waals surface area contributed by atoms with Gasteiger partial charge in [0, 0.05) is 0 Å². The van der Waals surface area contributed by atoms with Gasteiger partial charge >= 0.3 is 5.97 Å². The molecule has 0 spiro atoms. The van der Waals surface area contributed by atoms with Crippen molar-refractivity contribution in [2.24, 2.45) is 0 Å². The Bertz CT molecular complexity index is 359. The molecule has 2 heteroatoms. The molecule has 1 aromatic carbocycles. The van der Waals surface area contributed by atoms with E-state index in [-0.39, 0.29) is 5.92 Å². The Kier molecular flexibility index (Phi) is 8.77. The largest absolute Gasteiger partial charge is 0.481 e. The Hall–Kier alpha value is -1.31. The highest BCUT2D eigenvalue weighted by Crippen LogP contribution is 2.23. The average molecular weight is 276 g/mol. The molecule has 0 aliphatic heterocycles. The number of unbranched alkanes of at least 4 members (excludes halogenated alkanes) is 7. The van der Waals surface area contributed by atoms with Crippen molar-refractivity contribution in [1.29, 1.82) is 0 Å². The van der Waals surface area contributed by atoms with Crippen LogP contribution in [0.4, 0.5) is 0 Å². The zero-order valence-electron chi connectivity index (χ0n) is 12.7. The monoisotopic (exact) mass is 276 g/mol. The first kappa shape index (κ1) is 16.7. The molecule has 20 heavy (non-hydrogen) atoms. The molecular formula is C18H28O2. The molecule has 0 heterocycles. The van der Waals surface area contributed by atoms with Crippen molar-refractivity contribution in [1.82, 2.24) is 0 Å². The van der Waals surface area contributed by atoms with Crippen LogP contribution < -0.4 is 0 Å². The highest BCUT2D eigenvalue weighted by Gasteiger charge is 2.18. The summed E-state index contributed by atoms with van der Waals surface area (Å²) in [6, 6.07) is 9.60. The summed E-state index contributed by atoms with van der Waals surface area (Å²) < 4.78 is 0. The minimum absolute atomic E-state index is 0.337. The van der Waals surface area contributed by atoms with Crippen LogP contribution in [-0.4, -0.2) is 11.1 Å². The maximum absolute atomic E-state index is 11.3. The van der Waals surface area contributed by atoms with E-state index in [1.54, 1.807) is 0 Å².